The van der Waals surface area contributed by atoms with Crippen molar-refractivity contribution in [2.75, 3.05) is 13.1 Å². The molecule has 0 bridgehead atoms. The van der Waals surface area contributed by atoms with E-state index in [9.17, 15) is 18.3 Å². The molecule has 1 aromatic carbocycles. The van der Waals surface area contributed by atoms with Crippen LogP contribution in [0.5, 0.6) is 0 Å². The highest BCUT2D eigenvalue weighted by atomic mass is 32.2. The van der Waals surface area contributed by atoms with E-state index < -0.39 is 10.0 Å². The molecule has 2 aliphatic rings. The van der Waals surface area contributed by atoms with Gasteiger partial charge in [0, 0.05) is 24.6 Å². The lowest BCUT2D eigenvalue weighted by Crippen LogP contribution is -2.31. The molecule has 1 N–H and O–H groups in total. The summed E-state index contributed by atoms with van der Waals surface area (Å²) in [7, 11) is -3.54. The lowest BCUT2D eigenvalue weighted by atomic mass is 10.00. The van der Waals surface area contributed by atoms with Gasteiger partial charge in [-0.2, -0.15) is 4.31 Å². The lowest BCUT2D eigenvalue weighted by Gasteiger charge is -2.18. The smallest absolute Gasteiger partial charge is 0.243 e. The average molecular weight is 309 g/mol. The van der Waals surface area contributed by atoms with E-state index in [-0.39, 0.29) is 28.6 Å². The molecule has 0 spiro atoms. The molecular weight excluding hydrogens is 290 g/mol. The number of aliphatic hydroxyl groups excluding tert-OH is 1. The summed E-state index contributed by atoms with van der Waals surface area (Å²) in [6, 6.07) is 6.05. The minimum Gasteiger partial charge on any atom is -0.393 e. The third-order valence-corrected chi connectivity index (χ3v) is 6.53. The lowest BCUT2D eigenvalue weighted by molar-refractivity contribution is 0.101. The van der Waals surface area contributed by atoms with Crippen molar-refractivity contribution in [1.29, 1.82) is 0 Å². The summed E-state index contributed by atoms with van der Waals surface area (Å²) < 4.78 is 26.7. The topological polar surface area (TPSA) is 74.7 Å². The van der Waals surface area contributed by atoms with Crippen molar-refractivity contribution in [1.82, 2.24) is 4.31 Å². The van der Waals surface area contributed by atoms with Crippen LogP contribution >= 0.6 is 0 Å². The van der Waals surface area contributed by atoms with Gasteiger partial charge in [-0.05, 0) is 37.8 Å². The van der Waals surface area contributed by atoms with Crippen molar-refractivity contribution in [2.45, 2.75) is 30.8 Å². The van der Waals surface area contributed by atoms with Crippen LogP contribution in [0.3, 0.4) is 0 Å². The molecule has 6 heteroatoms. The third-order valence-electron chi connectivity index (χ3n) is 4.68. The molecule has 1 saturated carbocycles. The van der Waals surface area contributed by atoms with E-state index in [4.69, 9.17) is 0 Å². The van der Waals surface area contributed by atoms with Crippen molar-refractivity contribution in [3.05, 3.63) is 29.8 Å². The van der Waals surface area contributed by atoms with E-state index in [2.05, 4.69) is 0 Å². The van der Waals surface area contributed by atoms with Crippen LogP contribution in [0, 0.1) is 11.8 Å². The fourth-order valence-corrected chi connectivity index (χ4v) is 4.94. The standard InChI is InChI=1S/C15H19NO4S/c1-10(17)11-2-5-13(6-3-11)21(19,20)16-8-12-4-7-15(18)14(12)9-16/h2-3,5-6,12,14-15,18H,4,7-9H2,1H3. The van der Waals surface area contributed by atoms with E-state index in [1.165, 1.54) is 23.4 Å². The normalized spacial score (nSPS) is 29.5. The van der Waals surface area contributed by atoms with E-state index in [0.717, 1.165) is 12.8 Å². The Labute approximate surface area is 124 Å². The fourth-order valence-electron chi connectivity index (χ4n) is 3.40. The van der Waals surface area contributed by atoms with Crippen LogP contribution in [0.2, 0.25) is 0 Å². The molecule has 2 fully saturated rings. The molecule has 3 rings (SSSR count). The number of sulfonamides is 1. The van der Waals surface area contributed by atoms with Gasteiger partial charge in [-0.15, -0.1) is 0 Å². The highest BCUT2D eigenvalue weighted by molar-refractivity contribution is 7.89. The molecule has 21 heavy (non-hydrogen) atoms. The number of carbonyl (C=O) groups excluding carboxylic acids is 1. The van der Waals surface area contributed by atoms with Crippen molar-refractivity contribution < 1.29 is 18.3 Å². The molecular formula is C15H19NO4S. The van der Waals surface area contributed by atoms with Gasteiger partial charge in [-0.3, -0.25) is 4.79 Å². The second-order valence-electron chi connectivity index (χ2n) is 5.97. The monoisotopic (exact) mass is 309 g/mol. The maximum Gasteiger partial charge on any atom is 0.243 e. The summed E-state index contributed by atoms with van der Waals surface area (Å²) in [6.07, 6.45) is 1.28. The molecule has 3 atom stereocenters. The molecule has 1 aromatic rings. The van der Waals surface area contributed by atoms with Gasteiger partial charge in [0.2, 0.25) is 10.0 Å². The highest BCUT2D eigenvalue weighted by Crippen LogP contribution is 2.40. The first-order valence-electron chi connectivity index (χ1n) is 7.19. The van der Waals surface area contributed by atoms with E-state index in [0.29, 0.717) is 18.7 Å². The first kappa shape index (κ1) is 14.7. The number of carbonyl (C=O) groups is 1. The Balaban J connectivity index is 1.83. The number of aliphatic hydroxyl groups is 1. The summed E-state index contributed by atoms with van der Waals surface area (Å²) in [5.41, 5.74) is 0.502. The van der Waals surface area contributed by atoms with Gasteiger partial charge in [0.1, 0.15) is 0 Å². The summed E-state index contributed by atoms with van der Waals surface area (Å²) in [4.78, 5) is 11.5. The van der Waals surface area contributed by atoms with Crippen molar-refractivity contribution >= 4 is 15.8 Å². The summed E-state index contributed by atoms with van der Waals surface area (Å²) in [5, 5.41) is 9.89. The molecule has 1 aliphatic heterocycles. The first-order chi connectivity index (χ1) is 9.89. The molecule has 1 aliphatic carbocycles. The number of Topliss-reactive ketones (excluding diaryl/α,β-unsaturated/α-hetero) is 1. The zero-order chi connectivity index (χ0) is 15.2. The van der Waals surface area contributed by atoms with Crippen LogP contribution in [0.25, 0.3) is 0 Å². The summed E-state index contributed by atoms with van der Waals surface area (Å²) in [5.74, 6) is 0.250. The SMILES string of the molecule is CC(=O)c1ccc(S(=O)(=O)N2CC3CCC(O)C3C2)cc1. The number of hydrogen-bond donors (Lipinski definition) is 1. The summed E-state index contributed by atoms with van der Waals surface area (Å²) in [6.45, 7) is 2.33. The molecule has 5 nitrogen and oxygen atoms in total. The minimum atomic E-state index is -3.54. The number of ketones is 1. The number of nitrogens with zero attached hydrogens (tertiary/aromatic N) is 1. The quantitative estimate of drug-likeness (QED) is 0.854. The molecule has 0 aromatic heterocycles. The summed E-state index contributed by atoms with van der Waals surface area (Å²) >= 11 is 0. The maximum absolute atomic E-state index is 12.6. The molecule has 114 valence electrons. The predicted molar refractivity (Wildman–Crippen MR) is 77.4 cm³/mol. The molecule has 1 saturated heterocycles. The number of hydrogen-bond acceptors (Lipinski definition) is 4. The number of benzene rings is 1. The zero-order valence-corrected chi connectivity index (χ0v) is 12.7. The van der Waals surface area contributed by atoms with Crippen LogP contribution in [-0.2, 0) is 10.0 Å². The van der Waals surface area contributed by atoms with E-state index >= 15 is 0 Å². The second kappa shape index (κ2) is 5.19. The zero-order valence-electron chi connectivity index (χ0n) is 11.9. The highest BCUT2D eigenvalue weighted by Gasteiger charge is 2.45. The molecule has 3 unspecified atom stereocenters. The van der Waals surface area contributed by atoms with Crippen LogP contribution in [0.4, 0.5) is 0 Å². The van der Waals surface area contributed by atoms with Crippen molar-refractivity contribution in [3.63, 3.8) is 0 Å². The molecule has 1 heterocycles. The van der Waals surface area contributed by atoms with Crippen LogP contribution in [0.15, 0.2) is 29.2 Å². The van der Waals surface area contributed by atoms with E-state index in [1.54, 1.807) is 12.1 Å². The van der Waals surface area contributed by atoms with Gasteiger partial charge in [-0.1, -0.05) is 12.1 Å². The van der Waals surface area contributed by atoms with Gasteiger partial charge in [0.25, 0.3) is 0 Å². The third kappa shape index (κ3) is 2.52. The van der Waals surface area contributed by atoms with Gasteiger partial charge >= 0.3 is 0 Å². The van der Waals surface area contributed by atoms with Gasteiger partial charge in [0.15, 0.2) is 5.78 Å². The van der Waals surface area contributed by atoms with Crippen LogP contribution in [0.1, 0.15) is 30.1 Å². The second-order valence-corrected chi connectivity index (χ2v) is 7.91. The molecule has 0 amide bonds. The maximum atomic E-state index is 12.6. The van der Waals surface area contributed by atoms with Gasteiger partial charge in [-0.25, -0.2) is 8.42 Å². The average Bonchev–Trinajstić information content (AvgIpc) is 3.02. The van der Waals surface area contributed by atoms with E-state index in [1.807, 2.05) is 0 Å². The number of fused-ring (bicyclic) bond motifs is 1. The first-order valence-corrected chi connectivity index (χ1v) is 8.63. The largest absolute Gasteiger partial charge is 0.393 e. The van der Waals surface area contributed by atoms with Gasteiger partial charge in [0.05, 0.1) is 11.0 Å². The Morgan fingerprint density at radius 2 is 1.86 bits per heavy atom. The van der Waals surface area contributed by atoms with Crippen molar-refractivity contribution in [3.8, 4) is 0 Å². The van der Waals surface area contributed by atoms with Crippen LogP contribution in [-0.4, -0.2) is 42.8 Å². The van der Waals surface area contributed by atoms with Crippen LogP contribution < -0.4 is 0 Å². The number of rotatable bonds is 3. The molecule has 0 radical (unpaired) electrons. The minimum absolute atomic E-state index is 0.0660. The Kier molecular flexibility index (Phi) is 3.63. The van der Waals surface area contributed by atoms with Crippen molar-refractivity contribution in [2.24, 2.45) is 11.8 Å². The Morgan fingerprint density at radius 1 is 1.19 bits per heavy atom. The fraction of sp³-hybridized carbons (Fsp3) is 0.533. The predicted octanol–water partition coefficient (Wildman–Crippen LogP) is 1.28. The van der Waals surface area contributed by atoms with Gasteiger partial charge < -0.3 is 5.11 Å². The Morgan fingerprint density at radius 3 is 2.43 bits per heavy atom. The Hall–Kier alpha value is -1.24. The Bertz CT molecular complexity index is 653.